The van der Waals surface area contributed by atoms with E-state index in [4.69, 9.17) is 0 Å². The first-order valence-electron chi connectivity index (χ1n) is 5.88. The van der Waals surface area contributed by atoms with Gasteiger partial charge in [0.1, 0.15) is 5.82 Å². The van der Waals surface area contributed by atoms with Crippen LogP contribution in [-0.4, -0.2) is 15.8 Å². The van der Waals surface area contributed by atoms with Crippen LogP contribution in [0.5, 0.6) is 0 Å². The van der Waals surface area contributed by atoms with Gasteiger partial charge in [-0.25, -0.2) is 9.97 Å². The van der Waals surface area contributed by atoms with Crippen molar-refractivity contribution in [2.24, 2.45) is 0 Å². The number of carbonyl (C=O) groups excluding carboxylic acids is 1. The number of rotatable bonds is 0. The van der Waals surface area contributed by atoms with Crippen LogP contribution in [0, 0.1) is 0 Å². The first-order chi connectivity index (χ1) is 7.48. The zero-order valence-corrected chi connectivity index (χ0v) is 10.2. The maximum atomic E-state index is 11.8. The SMILES string of the molecule is CC(C)(C)c1ncc2c(n1)CCCCC2=O. The predicted molar refractivity (Wildman–Crippen MR) is 62.6 cm³/mol. The Hall–Kier alpha value is -1.25. The molecule has 0 saturated heterocycles. The van der Waals surface area contributed by atoms with Crippen molar-refractivity contribution in [1.29, 1.82) is 0 Å². The van der Waals surface area contributed by atoms with Crippen LogP contribution in [0.3, 0.4) is 0 Å². The van der Waals surface area contributed by atoms with E-state index in [0.717, 1.165) is 36.3 Å². The van der Waals surface area contributed by atoms with Gasteiger partial charge in [-0.1, -0.05) is 20.8 Å². The Morgan fingerprint density at radius 3 is 2.56 bits per heavy atom. The number of hydrogen-bond donors (Lipinski definition) is 0. The molecule has 0 aromatic carbocycles. The Morgan fingerprint density at radius 1 is 1.19 bits per heavy atom. The summed E-state index contributed by atoms with van der Waals surface area (Å²) in [6.07, 6.45) is 5.30. The molecule has 3 nitrogen and oxygen atoms in total. The van der Waals surface area contributed by atoms with Crippen molar-refractivity contribution in [2.75, 3.05) is 0 Å². The monoisotopic (exact) mass is 218 g/mol. The van der Waals surface area contributed by atoms with E-state index in [-0.39, 0.29) is 11.2 Å². The smallest absolute Gasteiger partial charge is 0.166 e. The number of aryl methyl sites for hydroxylation is 1. The lowest BCUT2D eigenvalue weighted by atomic mass is 9.95. The molecular formula is C13H18N2O. The van der Waals surface area contributed by atoms with E-state index in [1.165, 1.54) is 0 Å². The highest BCUT2D eigenvalue weighted by atomic mass is 16.1. The molecule has 1 aliphatic carbocycles. The fourth-order valence-corrected chi connectivity index (χ4v) is 1.91. The topological polar surface area (TPSA) is 42.9 Å². The number of hydrogen-bond acceptors (Lipinski definition) is 3. The van der Waals surface area contributed by atoms with Crippen molar-refractivity contribution in [3.8, 4) is 0 Å². The van der Waals surface area contributed by atoms with Crippen LogP contribution in [0.25, 0.3) is 0 Å². The van der Waals surface area contributed by atoms with Gasteiger partial charge in [-0.15, -0.1) is 0 Å². The minimum Gasteiger partial charge on any atom is -0.294 e. The van der Waals surface area contributed by atoms with E-state index in [0.29, 0.717) is 6.42 Å². The number of aromatic nitrogens is 2. The van der Waals surface area contributed by atoms with Gasteiger partial charge in [-0.05, 0) is 19.3 Å². The van der Waals surface area contributed by atoms with Crippen molar-refractivity contribution >= 4 is 5.78 Å². The molecule has 0 N–H and O–H groups in total. The number of nitrogens with zero attached hydrogens (tertiary/aromatic N) is 2. The van der Waals surface area contributed by atoms with Gasteiger partial charge in [-0.2, -0.15) is 0 Å². The largest absolute Gasteiger partial charge is 0.294 e. The first kappa shape index (κ1) is 11.2. The summed E-state index contributed by atoms with van der Waals surface area (Å²) in [7, 11) is 0. The number of fused-ring (bicyclic) bond motifs is 1. The molecule has 0 saturated carbocycles. The Labute approximate surface area is 96.3 Å². The fraction of sp³-hybridized carbons (Fsp3) is 0.615. The van der Waals surface area contributed by atoms with Crippen LogP contribution in [0.4, 0.5) is 0 Å². The third-order valence-electron chi connectivity index (χ3n) is 2.91. The van der Waals surface area contributed by atoms with Crippen LogP contribution in [0.1, 0.15) is 61.9 Å². The molecule has 1 aromatic heterocycles. The quantitative estimate of drug-likeness (QED) is 0.629. The molecule has 1 aromatic rings. The molecule has 0 fully saturated rings. The zero-order chi connectivity index (χ0) is 11.8. The van der Waals surface area contributed by atoms with Gasteiger partial charge in [0.05, 0.1) is 11.3 Å². The molecular weight excluding hydrogens is 200 g/mol. The summed E-state index contributed by atoms with van der Waals surface area (Å²) in [5.41, 5.74) is 1.64. The number of ketones is 1. The molecule has 0 atom stereocenters. The summed E-state index contributed by atoms with van der Waals surface area (Å²) in [4.78, 5) is 20.7. The summed E-state index contributed by atoms with van der Waals surface area (Å²) in [5, 5.41) is 0. The van der Waals surface area contributed by atoms with Crippen LogP contribution in [0.2, 0.25) is 0 Å². The number of Topliss-reactive ketones (excluding diaryl/α,β-unsaturated/α-hetero) is 1. The Balaban J connectivity index is 2.45. The molecule has 1 heterocycles. The molecule has 3 heteroatoms. The Kier molecular flexibility index (Phi) is 2.78. The van der Waals surface area contributed by atoms with Gasteiger partial charge in [-0.3, -0.25) is 4.79 Å². The molecule has 0 aliphatic heterocycles. The van der Waals surface area contributed by atoms with E-state index >= 15 is 0 Å². The summed E-state index contributed by atoms with van der Waals surface area (Å²) in [5.74, 6) is 1.04. The van der Waals surface area contributed by atoms with Crippen molar-refractivity contribution in [1.82, 2.24) is 9.97 Å². The van der Waals surface area contributed by atoms with E-state index in [9.17, 15) is 4.79 Å². The molecule has 16 heavy (non-hydrogen) atoms. The van der Waals surface area contributed by atoms with E-state index < -0.39 is 0 Å². The predicted octanol–water partition coefficient (Wildman–Crippen LogP) is 2.68. The number of carbonyl (C=O) groups is 1. The van der Waals surface area contributed by atoms with Crippen molar-refractivity contribution in [3.05, 3.63) is 23.3 Å². The highest BCUT2D eigenvalue weighted by Crippen LogP contribution is 2.23. The van der Waals surface area contributed by atoms with Gasteiger partial charge < -0.3 is 0 Å². The minimum atomic E-state index is -0.0512. The van der Waals surface area contributed by atoms with E-state index in [2.05, 4.69) is 30.7 Å². The van der Waals surface area contributed by atoms with Gasteiger partial charge in [0.2, 0.25) is 0 Å². The van der Waals surface area contributed by atoms with Gasteiger partial charge in [0.15, 0.2) is 5.78 Å². The standard InChI is InChI=1S/C13H18N2O/c1-13(2,3)12-14-8-9-10(15-12)6-4-5-7-11(9)16/h8H,4-7H2,1-3H3. The maximum absolute atomic E-state index is 11.8. The zero-order valence-electron chi connectivity index (χ0n) is 10.2. The molecule has 2 rings (SSSR count). The molecule has 0 radical (unpaired) electrons. The highest BCUT2D eigenvalue weighted by molar-refractivity contribution is 5.97. The summed E-state index contributed by atoms with van der Waals surface area (Å²) in [6.45, 7) is 6.27. The normalized spacial score (nSPS) is 16.8. The third kappa shape index (κ3) is 2.13. The maximum Gasteiger partial charge on any atom is 0.166 e. The van der Waals surface area contributed by atoms with Gasteiger partial charge in [0.25, 0.3) is 0 Å². The lowest BCUT2D eigenvalue weighted by Crippen LogP contribution is -2.18. The second-order valence-electron chi connectivity index (χ2n) is 5.43. The van der Waals surface area contributed by atoms with Crippen LogP contribution < -0.4 is 0 Å². The second-order valence-corrected chi connectivity index (χ2v) is 5.43. The van der Waals surface area contributed by atoms with Crippen molar-refractivity contribution in [2.45, 2.75) is 51.9 Å². The van der Waals surface area contributed by atoms with Crippen LogP contribution in [0.15, 0.2) is 6.20 Å². The second kappa shape index (κ2) is 3.96. The minimum absolute atomic E-state index is 0.0512. The van der Waals surface area contributed by atoms with E-state index in [1.807, 2.05) is 0 Å². The average Bonchev–Trinajstić information content (AvgIpc) is 2.39. The lowest BCUT2D eigenvalue weighted by molar-refractivity contribution is 0.0981. The molecule has 0 unspecified atom stereocenters. The summed E-state index contributed by atoms with van der Waals surface area (Å²) < 4.78 is 0. The molecule has 0 bridgehead atoms. The van der Waals surface area contributed by atoms with Gasteiger partial charge in [0, 0.05) is 18.0 Å². The highest BCUT2D eigenvalue weighted by Gasteiger charge is 2.22. The third-order valence-corrected chi connectivity index (χ3v) is 2.91. The molecule has 1 aliphatic rings. The van der Waals surface area contributed by atoms with Crippen LogP contribution in [-0.2, 0) is 11.8 Å². The summed E-state index contributed by atoms with van der Waals surface area (Å²) in [6, 6.07) is 0. The van der Waals surface area contributed by atoms with Crippen molar-refractivity contribution < 1.29 is 4.79 Å². The average molecular weight is 218 g/mol. The Bertz CT molecular complexity index is 418. The lowest BCUT2D eigenvalue weighted by Gasteiger charge is -2.17. The first-order valence-corrected chi connectivity index (χ1v) is 5.88. The fourth-order valence-electron chi connectivity index (χ4n) is 1.91. The van der Waals surface area contributed by atoms with Crippen LogP contribution >= 0.6 is 0 Å². The van der Waals surface area contributed by atoms with Crippen molar-refractivity contribution in [3.63, 3.8) is 0 Å². The Morgan fingerprint density at radius 2 is 1.88 bits per heavy atom. The summed E-state index contributed by atoms with van der Waals surface area (Å²) >= 11 is 0. The molecule has 0 amide bonds. The van der Waals surface area contributed by atoms with E-state index in [1.54, 1.807) is 6.20 Å². The van der Waals surface area contributed by atoms with Gasteiger partial charge >= 0.3 is 0 Å². The molecule has 0 spiro atoms. The molecule has 86 valence electrons.